The molecule has 0 amide bonds. The molecule has 0 radical (unpaired) electrons. The molecule has 35 heavy (non-hydrogen) atoms. The summed E-state index contributed by atoms with van der Waals surface area (Å²) in [6, 6.07) is 0. The number of fused-ring (bicyclic) bond motifs is 4. The molecular weight excluding hydrogens is 456 g/mol. The van der Waals surface area contributed by atoms with Gasteiger partial charge in [-0.05, 0) is 31.6 Å². The third kappa shape index (κ3) is 2.77. The average molecular weight is 495 g/mol. The first-order valence-corrected chi connectivity index (χ1v) is 13.0. The van der Waals surface area contributed by atoms with Crippen LogP contribution in [0.5, 0.6) is 0 Å². The summed E-state index contributed by atoms with van der Waals surface area (Å²) in [5.41, 5.74) is -2.04. The van der Waals surface area contributed by atoms with Crippen LogP contribution in [0.3, 0.4) is 0 Å². The molecule has 4 bridgehead atoms. The first kappa shape index (κ1) is 24.1. The third-order valence-electron chi connectivity index (χ3n) is 10.9. The van der Waals surface area contributed by atoms with E-state index in [1.54, 1.807) is 21.3 Å². The molecule has 1 N–H and O–H groups in total. The first-order chi connectivity index (χ1) is 16.7. The lowest BCUT2D eigenvalue weighted by atomic mass is 9.59. The number of aliphatic hydroxyl groups is 1. The van der Waals surface area contributed by atoms with Crippen LogP contribution >= 0.6 is 0 Å². The van der Waals surface area contributed by atoms with E-state index in [1.165, 1.54) is 13.8 Å². The van der Waals surface area contributed by atoms with Gasteiger partial charge in [0.05, 0.1) is 24.2 Å². The van der Waals surface area contributed by atoms with Crippen LogP contribution in [0.1, 0.15) is 46.0 Å². The molecule has 0 aromatic rings. The maximum atomic E-state index is 12.6. The minimum absolute atomic E-state index is 0.0105. The topological polar surface area (TPSA) is 110 Å². The Morgan fingerprint density at radius 3 is 2.43 bits per heavy atom. The summed E-state index contributed by atoms with van der Waals surface area (Å²) in [4.78, 5) is 24.8. The predicted molar refractivity (Wildman–Crippen MR) is 120 cm³/mol. The standard InChI is InChI=1S/C26H38O9/c1-12(27)33-22-14-8-15-20-16(25(21(15)22,34-13(2)28)10-17(14)31-4)9-18-24(11-30-3)7-6-19(32-5)26(18,20)35-23(24)29/h14-23,29H,6-11H2,1-5H3/t14-,15-,16-,17-,18+,19-,20-,21+,22-,23?,24-,25-,26+/m0/s1. The Balaban J connectivity index is 1.52. The van der Waals surface area contributed by atoms with Crippen molar-refractivity contribution < 1.29 is 43.1 Å². The number of ether oxygens (including phenoxy) is 6. The van der Waals surface area contributed by atoms with Crippen LogP contribution < -0.4 is 0 Å². The SMILES string of the molecule is COC[C@]12CC[C@H](OC)[C@@]3(OC1O)[C@H]1[C@@H]4C[C@@H]5[C@H](OC(C)=O)[C@@H]4[C@](OC(C)=O)(C[C@@H]5OC)[C@H]1C[C@H]23. The van der Waals surface area contributed by atoms with Gasteiger partial charge in [0.1, 0.15) is 17.3 Å². The molecule has 13 atom stereocenters. The Hall–Kier alpha value is -1.26. The van der Waals surface area contributed by atoms with Crippen molar-refractivity contribution in [1.29, 1.82) is 0 Å². The summed E-state index contributed by atoms with van der Waals surface area (Å²) in [7, 11) is 5.07. The predicted octanol–water partition coefficient (Wildman–Crippen LogP) is 1.69. The highest BCUT2D eigenvalue weighted by atomic mass is 16.6. The number of hydrogen-bond donors (Lipinski definition) is 1. The Morgan fingerprint density at radius 1 is 1.03 bits per heavy atom. The maximum absolute atomic E-state index is 12.6. The number of hydrogen-bond acceptors (Lipinski definition) is 9. The van der Waals surface area contributed by atoms with Crippen molar-refractivity contribution in [3.8, 4) is 0 Å². The molecule has 9 heteroatoms. The van der Waals surface area contributed by atoms with Crippen molar-refractivity contribution in [2.75, 3.05) is 27.9 Å². The van der Waals surface area contributed by atoms with Crippen LogP contribution in [0.2, 0.25) is 0 Å². The van der Waals surface area contributed by atoms with Gasteiger partial charge in [-0.3, -0.25) is 9.59 Å². The zero-order chi connectivity index (χ0) is 24.9. The van der Waals surface area contributed by atoms with E-state index in [0.29, 0.717) is 13.0 Å². The summed E-state index contributed by atoms with van der Waals surface area (Å²) in [5.74, 6) is -0.659. The smallest absolute Gasteiger partial charge is 0.303 e. The van der Waals surface area contributed by atoms with Crippen LogP contribution in [0, 0.1) is 40.9 Å². The molecule has 6 aliphatic rings. The van der Waals surface area contributed by atoms with Crippen LogP contribution in [0.4, 0.5) is 0 Å². The largest absolute Gasteiger partial charge is 0.462 e. The summed E-state index contributed by atoms with van der Waals surface area (Å²) >= 11 is 0. The number of rotatable bonds is 6. The summed E-state index contributed by atoms with van der Waals surface area (Å²) in [6.07, 6.45) is 1.97. The van der Waals surface area contributed by atoms with E-state index in [2.05, 4.69) is 0 Å². The zero-order valence-electron chi connectivity index (χ0n) is 21.2. The molecule has 0 aromatic carbocycles. The van der Waals surface area contributed by atoms with Crippen molar-refractivity contribution in [3.63, 3.8) is 0 Å². The molecule has 0 spiro atoms. The first-order valence-electron chi connectivity index (χ1n) is 13.0. The van der Waals surface area contributed by atoms with Gasteiger partial charge in [-0.25, -0.2) is 0 Å². The van der Waals surface area contributed by atoms with Crippen molar-refractivity contribution in [2.45, 2.75) is 81.8 Å². The molecule has 1 unspecified atom stereocenters. The van der Waals surface area contributed by atoms with Gasteiger partial charge in [0.25, 0.3) is 0 Å². The number of esters is 2. The fraction of sp³-hybridized carbons (Fsp3) is 0.923. The van der Waals surface area contributed by atoms with E-state index in [-0.39, 0.29) is 65.8 Å². The number of methoxy groups -OCH3 is 3. The molecular formula is C26H38O9. The molecule has 5 aliphatic carbocycles. The molecule has 0 aromatic heterocycles. The van der Waals surface area contributed by atoms with Crippen LogP contribution in [-0.4, -0.2) is 80.8 Å². The molecule has 1 aliphatic heterocycles. The van der Waals surface area contributed by atoms with Gasteiger partial charge in [0, 0.05) is 71.2 Å². The highest BCUT2D eigenvalue weighted by Gasteiger charge is 2.85. The number of carbonyl (C=O) groups is 2. The van der Waals surface area contributed by atoms with Gasteiger partial charge >= 0.3 is 11.9 Å². The van der Waals surface area contributed by atoms with Crippen molar-refractivity contribution in [3.05, 3.63) is 0 Å². The molecule has 6 rings (SSSR count). The highest BCUT2D eigenvalue weighted by Crippen LogP contribution is 2.78. The second kappa shape index (κ2) is 7.87. The fourth-order valence-electron chi connectivity index (χ4n) is 10.4. The van der Waals surface area contributed by atoms with Crippen molar-refractivity contribution in [2.24, 2.45) is 40.9 Å². The Kier molecular flexibility index (Phi) is 5.42. The summed E-state index contributed by atoms with van der Waals surface area (Å²) < 4.78 is 36.7. The van der Waals surface area contributed by atoms with E-state index in [1.807, 2.05) is 0 Å². The minimum atomic E-state index is -0.938. The van der Waals surface area contributed by atoms with Crippen LogP contribution in [-0.2, 0) is 38.0 Å². The lowest BCUT2D eigenvalue weighted by Gasteiger charge is -2.49. The van der Waals surface area contributed by atoms with E-state index < -0.39 is 22.9 Å². The summed E-state index contributed by atoms with van der Waals surface area (Å²) in [6.45, 7) is 3.30. The monoisotopic (exact) mass is 494 g/mol. The highest BCUT2D eigenvalue weighted by molar-refractivity contribution is 5.67. The lowest BCUT2D eigenvalue weighted by Crippen LogP contribution is -2.58. The van der Waals surface area contributed by atoms with Gasteiger partial charge in [-0.15, -0.1) is 0 Å². The number of carbonyl (C=O) groups excluding carboxylic acids is 2. The van der Waals surface area contributed by atoms with E-state index >= 15 is 0 Å². The fourth-order valence-corrected chi connectivity index (χ4v) is 10.4. The Bertz CT molecular complexity index is 909. The zero-order valence-corrected chi connectivity index (χ0v) is 21.2. The number of aliphatic hydroxyl groups excluding tert-OH is 1. The Morgan fingerprint density at radius 2 is 1.80 bits per heavy atom. The van der Waals surface area contributed by atoms with E-state index in [9.17, 15) is 14.7 Å². The summed E-state index contributed by atoms with van der Waals surface area (Å²) in [5, 5.41) is 11.3. The van der Waals surface area contributed by atoms with Gasteiger partial charge in [0.2, 0.25) is 0 Å². The second-order valence-corrected chi connectivity index (χ2v) is 11.9. The van der Waals surface area contributed by atoms with E-state index in [0.717, 1.165) is 25.7 Å². The quantitative estimate of drug-likeness (QED) is 0.552. The van der Waals surface area contributed by atoms with Crippen LogP contribution in [0.25, 0.3) is 0 Å². The molecule has 6 fully saturated rings. The maximum Gasteiger partial charge on any atom is 0.303 e. The molecule has 1 saturated heterocycles. The Labute approximate surface area is 206 Å². The normalized spacial score (nSPS) is 54.9. The van der Waals surface area contributed by atoms with Crippen molar-refractivity contribution >= 4 is 11.9 Å². The lowest BCUT2D eigenvalue weighted by molar-refractivity contribution is -0.221. The van der Waals surface area contributed by atoms with Gasteiger partial charge < -0.3 is 33.5 Å². The second-order valence-electron chi connectivity index (χ2n) is 11.9. The van der Waals surface area contributed by atoms with Gasteiger partial charge in [0.15, 0.2) is 6.29 Å². The van der Waals surface area contributed by atoms with Gasteiger partial charge in [-0.2, -0.15) is 0 Å². The molecule has 9 nitrogen and oxygen atoms in total. The average Bonchev–Trinajstić information content (AvgIpc) is 3.40. The van der Waals surface area contributed by atoms with E-state index in [4.69, 9.17) is 28.4 Å². The molecule has 5 saturated carbocycles. The van der Waals surface area contributed by atoms with Crippen molar-refractivity contribution in [1.82, 2.24) is 0 Å². The van der Waals surface area contributed by atoms with Gasteiger partial charge in [-0.1, -0.05) is 0 Å². The minimum Gasteiger partial charge on any atom is -0.462 e. The molecule has 1 heterocycles. The molecule has 196 valence electrons. The van der Waals surface area contributed by atoms with Crippen LogP contribution in [0.15, 0.2) is 0 Å². The third-order valence-corrected chi connectivity index (χ3v) is 10.9.